The molecule has 0 fully saturated rings. The number of hydrogen-bond acceptors (Lipinski definition) is 0. The van der Waals surface area contributed by atoms with Crippen LogP contribution in [0.15, 0.2) is 60.7 Å². The summed E-state index contributed by atoms with van der Waals surface area (Å²) in [6, 6.07) is 12.0. The molecule has 1 heteroatoms. The average Bonchev–Trinajstić information content (AvgIpc) is 2.64. The number of hydrogen-bond donors (Lipinski definition) is 0. The van der Waals surface area contributed by atoms with Crippen LogP contribution in [-0.2, 0) is 17.1 Å². The van der Waals surface area contributed by atoms with Gasteiger partial charge in [-0.2, -0.15) is 0 Å². The summed E-state index contributed by atoms with van der Waals surface area (Å²) in [5.41, 5.74) is 0. The molecule has 0 saturated carbocycles. The van der Waals surface area contributed by atoms with Gasteiger partial charge in [0, 0.05) is 17.1 Å². The molecule has 0 N–H and O–H groups in total. The fraction of sp³-hybridized carbons (Fsp3) is 0.0909. The van der Waals surface area contributed by atoms with E-state index in [9.17, 15) is 0 Å². The van der Waals surface area contributed by atoms with E-state index < -0.39 is 0 Å². The zero-order chi connectivity index (χ0) is 7.78. The van der Waals surface area contributed by atoms with Crippen LogP contribution in [0.4, 0.5) is 0 Å². The molecule has 12 heavy (non-hydrogen) atoms. The van der Waals surface area contributed by atoms with Gasteiger partial charge in [0.2, 0.25) is 0 Å². The molecular weight excluding hydrogens is 188 g/mol. The first-order chi connectivity index (χ1) is 5.50. The minimum absolute atomic E-state index is 0. The normalized spacial score (nSPS) is 11.3. The molecule has 1 aliphatic carbocycles. The molecule has 1 aliphatic rings. The van der Waals surface area contributed by atoms with Crippen molar-refractivity contribution in [1.82, 2.24) is 0 Å². The molecule has 0 aromatic heterocycles. The second-order valence-corrected chi connectivity index (χ2v) is 2.25. The van der Waals surface area contributed by atoms with Crippen molar-refractivity contribution in [2.24, 2.45) is 0 Å². The molecule has 0 atom stereocenters. The van der Waals surface area contributed by atoms with Crippen LogP contribution in [0.25, 0.3) is 0 Å². The van der Waals surface area contributed by atoms with Crippen molar-refractivity contribution in [3.05, 3.63) is 60.7 Å². The molecule has 2 rings (SSSR count). The number of rotatable bonds is 0. The van der Waals surface area contributed by atoms with Crippen molar-refractivity contribution in [1.29, 1.82) is 0 Å². The Labute approximate surface area is 84.5 Å². The maximum absolute atomic E-state index is 2.12. The number of allylic oxidation sites excluding steroid dienone is 4. The summed E-state index contributed by atoms with van der Waals surface area (Å²) in [6.07, 6.45) is 9.50. The van der Waals surface area contributed by atoms with E-state index in [0.29, 0.717) is 0 Å². The van der Waals surface area contributed by atoms with Crippen molar-refractivity contribution in [3.8, 4) is 0 Å². The first-order valence-electron chi connectivity index (χ1n) is 3.82. The van der Waals surface area contributed by atoms with Gasteiger partial charge in [0.15, 0.2) is 0 Å². The Morgan fingerprint density at radius 1 is 0.583 bits per heavy atom. The van der Waals surface area contributed by atoms with E-state index in [-0.39, 0.29) is 17.1 Å². The monoisotopic (exact) mass is 200 g/mol. The summed E-state index contributed by atoms with van der Waals surface area (Å²) >= 11 is 0. The Kier molecular flexibility index (Phi) is 7.78. The van der Waals surface area contributed by atoms with Crippen molar-refractivity contribution < 1.29 is 17.1 Å². The van der Waals surface area contributed by atoms with Crippen LogP contribution in [0.2, 0.25) is 0 Å². The third-order valence-corrected chi connectivity index (χ3v) is 1.32. The van der Waals surface area contributed by atoms with E-state index >= 15 is 0 Å². The SMILES string of the molecule is C1=CCC=C1.[Fe].c1ccccc1. The van der Waals surface area contributed by atoms with Crippen LogP contribution in [0.5, 0.6) is 0 Å². The van der Waals surface area contributed by atoms with Gasteiger partial charge in [-0.15, -0.1) is 0 Å². The molecule has 0 spiro atoms. The van der Waals surface area contributed by atoms with Gasteiger partial charge >= 0.3 is 0 Å². The fourth-order valence-corrected chi connectivity index (χ4v) is 0.778. The summed E-state index contributed by atoms with van der Waals surface area (Å²) in [6.45, 7) is 0. The zero-order valence-corrected chi connectivity index (χ0v) is 7.94. The first-order valence-corrected chi connectivity index (χ1v) is 3.82. The Morgan fingerprint density at radius 3 is 1.08 bits per heavy atom. The molecular formula is C11H12Fe. The Bertz CT molecular complexity index is 187. The average molecular weight is 200 g/mol. The summed E-state index contributed by atoms with van der Waals surface area (Å²) in [7, 11) is 0. The van der Waals surface area contributed by atoms with Gasteiger partial charge in [-0.25, -0.2) is 0 Å². The van der Waals surface area contributed by atoms with Gasteiger partial charge in [0.25, 0.3) is 0 Å². The van der Waals surface area contributed by atoms with E-state index in [1.807, 2.05) is 36.4 Å². The van der Waals surface area contributed by atoms with Crippen LogP contribution < -0.4 is 0 Å². The zero-order valence-electron chi connectivity index (χ0n) is 6.83. The molecule has 0 bridgehead atoms. The molecule has 1 aromatic rings. The largest absolute Gasteiger partial charge is 0.0808 e. The summed E-state index contributed by atoms with van der Waals surface area (Å²) < 4.78 is 0. The van der Waals surface area contributed by atoms with Gasteiger partial charge in [0.05, 0.1) is 0 Å². The van der Waals surface area contributed by atoms with Crippen LogP contribution >= 0.6 is 0 Å². The molecule has 0 aliphatic heterocycles. The maximum atomic E-state index is 2.12. The minimum atomic E-state index is 0. The summed E-state index contributed by atoms with van der Waals surface area (Å²) in [5, 5.41) is 0. The van der Waals surface area contributed by atoms with Gasteiger partial charge in [0.1, 0.15) is 0 Å². The molecule has 0 saturated heterocycles. The van der Waals surface area contributed by atoms with Crippen molar-refractivity contribution in [3.63, 3.8) is 0 Å². The number of benzene rings is 1. The van der Waals surface area contributed by atoms with Gasteiger partial charge < -0.3 is 0 Å². The minimum Gasteiger partial charge on any atom is -0.0808 e. The van der Waals surface area contributed by atoms with E-state index in [1.54, 1.807) is 0 Å². The Morgan fingerprint density at radius 2 is 0.917 bits per heavy atom. The first kappa shape index (κ1) is 11.2. The predicted octanol–water partition coefficient (Wildman–Crippen LogP) is 3.19. The molecule has 0 heterocycles. The van der Waals surface area contributed by atoms with Crippen LogP contribution in [0, 0.1) is 0 Å². The van der Waals surface area contributed by atoms with Gasteiger partial charge in [-0.3, -0.25) is 0 Å². The van der Waals surface area contributed by atoms with Crippen LogP contribution in [-0.4, -0.2) is 0 Å². The molecule has 0 radical (unpaired) electrons. The molecule has 0 nitrogen and oxygen atoms in total. The smallest absolute Gasteiger partial charge is 0 e. The standard InChI is InChI=1S/C6H6.C5H6.Fe/c1-2-4-6-5-3-1;1-2-4-5-3-1;/h1-6H;1-4H,5H2;. The van der Waals surface area contributed by atoms with Gasteiger partial charge in [-0.05, 0) is 6.42 Å². The van der Waals surface area contributed by atoms with E-state index in [4.69, 9.17) is 0 Å². The summed E-state index contributed by atoms with van der Waals surface area (Å²) in [5.74, 6) is 0. The van der Waals surface area contributed by atoms with E-state index in [0.717, 1.165) is 6.42 Å². The molecule has 1 aromatic carbocycles. The summed E-state index contributed by atoms with van der Waals surface area (Å²) in [4.78, 5) is 0. The second kappa shape index (κ2) is 8.32. The van der Waals surface area contributed by atoms with Crippen molar-refractivity contribution in [2.75, 3.05) is 0 Å². The third-order valence-electron chi connectivity index (χ3n) is 1.32. The fourth-order valence-electron chi connectivity index (χ4n) is 0.778. The second-order valence-electron chi connectivity index (χ2n) is 2.25. The third kappa shape index (κ3) is 5.96. The topological polar surface area (TPSA) is 0 Å². The van der Waals surface area contributed by atoms with Crippen LogP contribution in [0.3, 0.4) is 0 Å². The quantitative estimate of drug-likeness (QED) is 0.564. The Hall–Kier alpha value is -0.781. The molecule has 0 unspecified atom stereocenters. The Balaban J connectivity index is 0.000000189. The molecule has 0 amide bonds. The van der Waals surface area contributed by atoms with Gasteiger partial charge in [-0.1, -0.05) is 60.7 Å². The van der Waals surface area contributed by atoms with Crippen molar-refractivity contribution in [2.45, 2.75) is 6.42 Å². The maximum Gasteiger partial charge on any atom is 0 e. The molecule has 64 valence electrons. The predicted molar refractivity (Wildman–Crippen MR) is 49.3 cm³/mol. The van der Waals surface area contributed by atoms with E-state index in [1.165, 1.54) is 0 Å². The van der Waals surface area contributed by atoms with Crippen molar-refractivity contribution >= 4 is 0 Å². The van der Waals surface area contributed by atoms with Crippen LogP contribution in [0.1, 0.15) is 6.42 Å². The van der Waals surface area contributed by atoms with E-state index in [2.05, 4.69) is 24.3 Å².